The van der Waals surface area contributed by atoms with Crippen LogP contribution in [-0.4, -0.2) is 4.98 Å². The highest BCUT2D eigenvalue weighted by atomic mass is 19.4. The molecule has 0 saturated heterocycles. The summed E-state index contributed by atoms with van der Waals surface area (Å²) in [6.07, 6.45) is 0.640. The van der Waals surface area contributed by atoms with E-state index >= 15 is 0 Å². The van der Waals surface area contributed by atoms with Gasteiger partial charge in [0.1, 0.15) is 0 Å². The van der Waals surface area contributed by atoms with Gasteiger partial charge in [-0.25, -0.2) is 0 Å². The van der Waals surface area contributed by atoms with Gasteiger partial charge < -0.3 is 4.98 Å². The zero-order chi connectivity index (χ0) is 15.3. The Labute approximate surface area is 120 Å². The summed E-state index contributed by atoms with van der Waals surface area (Å²) >= 11 is 0. The van der Waals surface area contributed by atoms with Crippen molar-refractivity contribution < 1.29 is 13.2 Å². The van der Waals surface area contributed by atoms with Gasteiger partial charge in [0.2, 0.25) is 5.56 Å². The number of halogens is 3. The van der Waals surface area contributed by atoms with Crippen LogP contribution in [0.2, 0.25) is 0 Å². The molecule has 0 radical (unpaired) electrons. The summed E-state index contributed by atoms with van der Waals surface area (Å²) in [7, 11) is 0. The molecule has 0 aliphatic rings. The van der Waals surface area contributed by atoms with Crippen LogP contribution >= 0.6 is 0 Å². The largest absolute Gasteiger partial charge is 0.416 e. The lowest BCUT2D eigenvalue weighted by Gasteiger charge is -2.07. The molecule has 0 saturated carbocycles. The maximum Gasteiger partial charge on any atom is 0.416 e. The number of aryl methyl sites for hydroxylation is 2. The fourth-order valence-electron chi connectivity index (χ4n) is 2.16. The molecular formula is C16H16F3NO. The van der Waals surface area contributed by atoms with Crippen molar-refractivity contribution in [1.29, 1.82) is 0 Å². The first-order chi connectivity index (χ1) is 9.95. The Bertz CT molecular complexity index is 629. The van der Waals surface area contributed by atoms with E-state index in [4.69, 9.17) is 0 Å². The minimum atomic E-state index is -4.28. The molecule has 112 valence electrons. The van der Waals surface area contributed by atoms with E-state index in [-0.39, 0.29) is 5.56 Å². The van der Waals surface area contributed by atoms with Crippen molar-refractivity contribution in [3.8, 4) is 0 Å². The smallest absolute Gasteiger partial charge is 0.329 e. The van der Waals surface area contributed by atoms with E-state index in [2.05, 4.69) is 4.98 Å². The monoisotopic (exact) mass is 295 g/mol. The third kappa shape index (κ3) is 4.77. The number of aromatic amines is 1. The Balaban J connectivity index is 1.80. The Morgan fingerprint density at radius 2 is 1.52 bits per heavy atom. The van der Waals surface area contributed by atoms with Crippen LogP contribution in [0, 0.1) is 0 Å². The zero-order valence-electron chi connectivity index (χ0n) is 11.4. The average Bonchev–Trinajstić information content (AvgIpc) is 2.43. The standard InChI is InChI=1S/C16H16F3NO/c17-16(18,19)14-7-5-12(6-8-14)3-1-2-4-13-9-10-20-15(21)11-13/h5-11H,1-4H2,(H,20,21). The van der Waals surface area contributed by atoms with E-state index in [0.717, 1.165) is 48.9 Å². The predicted octanol–water partition coefficient (Wildman–Crippen LogP) is 3.96. The fraction of sp³-hybridized carbons (Fsp3) is 0.312. The van der Waals surface area contributed by atoms with Crippen LogP contribution in [0.25, 0.3) is 0 Å². The van der Waals surface area contributed by atoms with Gasteiger partial charge >= 0.3 is 6.18 Å². The summed E-state index contributed by atoms with van der Waals surface area (Å²) in [5.74, 6) is 0. The van der Waals surface area contributed by atoms with Crippen molar-refractivity contribution in [2.24, 2.45) is 0 Å². The molecule has 2 aromatic rings. The first kappa shape index (κ1) is 15.4. The molecule has 1 heterocycles. The average molecular weight is 295 g/mol. The molecule has 21 heavy (non-hydrogen) atoms. The zero-order valence-corrected chi connectivity index (χ0v) is 11.4. The molecule has 0 unspecified atom stereocenters. The molecule has 0 fully saturated rings. The molecule has 0 amide bonds. The Morgan fingerprint density at radius 1 is 0.905 bits per heavy atom. The van der Waals surface area contributed by atoms with Crippen LogP contribution in [0.15, 0.2) is 47.4 Å². The highest BCUT2D eigenvalue weighted by Crippen LogP contribution is 2.29. The number of unbranched alkanes of at least 4 members (excludes halogenated alkanes) is 1. The summed E-state index contributed by atoms with van der Waals surface area (Å²) < 4.78 is 37.3. The lowest BCUT2D eigenvalue weighted by Crippen LogP contribution is -2.04. The lowest BCUT2D eigenvalue weighted by molar-refractivity contribution is -0.137. The van der Waals surface area contributed by atoms with Gasteiger partial charge in [-0.3, -0.25) is 4.79 Å². The third-order valence-electron chi connectivity index (χ3n) is 3.30. The number of rotatable bonds is 5. The predicted molar refractivity (Wildman–Crippen MR) is 75.1 cm³/mol. The van der Waals surface area contributed by atoms with Gasteiger partial charge in [0.15, 0.2) is 0 Å². The summed E-state index contributed by atoms with van der Waals surface area (Å²) in [6, 6.07) is 8.71. The summed E-state index contributed by atoms with van der Waals surface area (Å²) in [6.45, 7) is 0. The second kappa shape index (κ2) is 6.61. The van der Waals surface area contributed by atoms with Crippen LogP contribution in [0.5, 0.6) is 0 Å². The van der Waals surface area contributed by atoms with Crippen LogP contribution in [0.1, 0.15) is 29.5 Å². The van der Waals surface area contributed by atoms with Gasteiger partial charge in [0.05, 0.1) is 5.56 Å². The van der Waals surface area contributed by atoms with Gasteiger partial charge in [-0.05, 0) is 55.0 Å². The number of nitrogens with one attached hydrogen (secondary N) is 1. The molecule has 0 aliphatic carbocycles. The van der Waals surface area contributed by atoms with E-state index in [0.29, 0.717) is 0 Å². The maximum absolute atomic E-state index is 12.4. The number of alkyl halides is 3. The van der Waals surface area contributed by atoms with Crippen molar-refractivity contribution in [3.05, 3.63) is 69.6 Å². The van der Waals surface area contributed by atoms with Crippen molar-refractivity contribution in [2.45, 2.75) is 31.9 Å². The molecule has 0 atom stereocenters. The van der Waals surface area contributed by atoms with E-state index < -0.39 is 11.7 Å². The molecular weight excluding hydrogens is 279 g/mol. The van der Waals surface area contributed by atoms with Crippen LogP contribution in [0.3, 0.4) is 0 Å². The van der Waals surface area contributed by atoms with E-state index in [9.17, 15) is 18.0 Å². The number of hydrogen-bond donors (Lipinski definition) is 1. The maximum atomic E-state index is 12.4. The van der Waals surface area contributed by atoms with Gasteiger partial charge in [0, 0.05) is 12.3 Å². The number of H-pyrrole nitrogens is 1. The SMILES string of the molecule is O=c1cc(CCCCc2ccc(C(F)(F)F)cc2)cc[nH]1. The van der Waals surface area contributed by atoms with Crippen molar-refractivity contribution >= 4 is 0 Å². The van der Waals surface area contributed by atoms with Crippen molar-refractivity contribution in [2.75, 3.05) is 0 Å². The summed E-state index contributed by atoms with van der Waals surface area (Å²) in [4.78, 5) is 13.7. The first-order valence-electron chi connectivity index (χ1n) is 6.79. The number of pyridine rings is 1. The minimum absolute atomic E-state index is 0.116. The second-order valence-electron chi connectivity index (χ2n) is 4.96. The Hall–Kier alpha value is -2.04. The van der Waals surface area contributed by atoms with Crippen LogP contribution < -0.4 is 5.56 Å². The second-order valence-corrected chi connectivity index (χ2v) is 4.96. The van der Waals surface area contributed by atoms with Crippen LogP contribution in [-0.2, 0) is 19.0 Å². The third-order valence-corrected chi connectivity index (χ3v) is 3.30. The molecule has 2 rings (SSSR count). The molecule has 1 aromatic carbocycles. The quantitative estimate of drug-likeness (QED) is 0.832. The van der Waals surface area contributed by atoms with Crippen molar-refractivity contribution in [1.82, 2.24) is 4.98 Å². The molecule has 5 heteroatoms. The van der Waals surface area contributed by atoms with Gasteiger partial charge in [-0.15, -0.1) is 0 Å². The highest BCUT2D eigenvalue weighted by molar-refractivity contribution is 5.24. The molecule has 1 N–H and O–H groups in total. The van der Waals surface area contributed by atoms with Gasteiger partial charge in [-0.1, -0.05) is 12.1 Å². The van der Waals surface area contributed by atoms with Crippen molar-refractivity contribution in [3.63, 3.8) is 0 Å². The number of aromatic nitrogens is 1. The molecule has 0 bridgehead atoms. The van der Waals surface area contributed by atoms with Gasteiger partial charge in [-0.2, -0.15) is 13.2 Å². The highest BCUT2D eigenvalue weighted by Gasteiger charge is 2.29. The Kier molecular flexibility index (Phi) is 4.83. The topological polar surface area (TPSA) is 32.9 Å². The molecule has 2 nitrogen and oxygen atoms in total. The van der Waals surface area contributed by atoms with Crippen LogP contribution in [0.4, 0.5) is 13.2 Å². The molecule has 0 aliphatic heterocycles. The molecule has 1 aromatic heterocycles. The van der Waals surface area contributed by atoms with E-state index in [1.807, 2.05) is 6.07 Å². The minimum Gasteiger partial charge on any atom is -0.329 e. The normalized spacial score (nSPS) is 11.6. The fourth-order valence-corrected chi connectivity index (χ4v) is 2.16. The van der Waals surface area contributed by atoms with Gasteiger partial charge in [0.25, 0.3) is 0 Å². The Morgan fingerprint density at radius 3 is 2.10 bits per heavy atom. The van der Waals surface area contributed by atoms with E-state index in [1.165, 1.54) is 12.1 Å². The lowest BCUT2D eigenvalue weighted by atomic mass is 10.0. The summed E-state index contributed by atoms with van der Waals surface area (Å²) in [5.41, 5.74) is 1.14. The van der Waals surface area contributed by atoms with E-state index in [1.54, 1.807) is 12.3 Å². The molecule has 0 spiro atoms. The summed E-state index contributed by atoms with van der Waals surface area (Å²) in [5, 5.41) is 0. The first-order valence-corrected chi connectivity index (χ1v) is 6.79. The number of benzene rings is 1. The number of hydrogen-bond acceptors (Lipinski definition) is 1.